The zero-order chi connectivity index (χ0) is 21.7. The second-order valence-corrected chi connectivity index (χ2v) is 8.95. The Kier molecular flexibility index (Phi) is 6.79. The fraction of sp³-hybridized carbons (Fsp3) is 0.238. The molecule has 7 nitrogen and oxygen atoms in total. The summed E-state index contributed by atoms with van der Waals surface area (Å²) in [4.78, 5) is 26.8. The normalized spacial score (nSPS) is 16.2. The van der Waals surface area contributed by atoms with Gasteiger partial charge in [-0.05, 0) is 61.4 Å². The van der Waals surface area contributed by atoms with Gasteiger partial charge in [0.2, 0.25) is 5.91 Å². The topological polar surface area (TPSA) is 95.6 Å². The van der Waals surface area contributed by atoms with Gasteiger partial charge in [0.05, 0.1) is 4.90 Å². The highest BCUT2D eigenvalue weighted by molar-refractivity contribution is 7.92. The van der Waals surface area contributed by atoms with E-state index in [9.17, 15) is 18.0 Å². The molecule has 1 aliphatic rings. The van der Waals surface area contributed by atoms with Crippen molar-refractivity contribution in [1.82, 2.24) is 10.2 Å². The minimum absolute atomic E-state index is 0.0810. The van der Waals surface area contributed by atoms with Crippen LogP contribution in [0.15, 0.2) is 66.1 Å². The highest BCUT2D eigenvalue weighted by atomic mass is 35.5. The van der Waals surface area contributed by atoms with Crippen LogP contribution in [0.25, 0.3) is 0 Å². The van der Waals surface area contributed by atoms with E-state index in [0.29, 0.717) is 35.8 Å². The number of amides is 2. The number of nitrogens with one attached hydrogen (secondary N) is 2. The summed E-state index contributed by atoms with van der Waals surface area (Å²) in [5.74, 6) is -0.466. The summed E-state index contributed by atoms with van der Waals surface area (Å²) in [7, 11) is -3.77. The summed E-state index contributed by atoms with van der Waals surface area (Å²) in [6.45, 7) is 4.41. The third-order valence-corrected chi connectivity index (χ3v) is 6.39. The molecule has 0 spiro atoms. The number of hydrogen-bond donors (Lipinski definition) is 2. The molecule has 30 heavy (non-hydrogen) atoms. The summed E-state index contributed by atoms with van der Waals surface area (Å²) in [5, 5.41) is 3.17. The van der Waals surface area contributed by atoms with Gasteiger partial charge >= 0.3 is 0 Å². The lowest BCUT2D eigenvalue weighted by atomic mass is 10.1. The van der Waals surface area contributed by atoms with E-state index in [1.807, 2.05) is 0 Å². The minimum atomic E-state index is -3.77. The van der Waals surface area contributed by atoms with E-state index in [-0.39, 0.29) is 16.7 Å². The molecule has 158 valence electrons. The molecule has 2 aromatic rings. The van der Waals surface area contributed by atoms with Crippen LogP contribution < -0.4 is 10.0 Å². The molecule has 1 fully saturated rings. The molecular weight excluding hydrogens is 426 g/mol. The van der Waals surface area contributed by atoms with Gasteiger partial charge in [-0.1, -0.05) is 17.7 Å². The van der Waals surface area contributed by atoms with Crippen LogP contribution in [0.3, 0.4) is 0 Å². The van der Waals surface area contributed by atoms with Crippen molar-refractivity contribution in [2.24, 2.45) is 0 Å². The van der Waals surface area contributed by atoms with Crippen molar-refractivity contribution in [2.75, 3.05) is 17.8 Å². The maximum atomic E-state index is 12.9. The van der Waals surface area contributed by atoms with Crippen molar-refractivity contribution in [1.29, 1.82) is 0 Å². The Labute approximate surface area is 180 Å². The third kappa shape index (κ3) is 5.01. The number of anilines is 1. The summed E-state index contributed by atoms with van der Waals surface area (Å²) in [6.07, 6.45) is 2.94. The Hall–Kier alpha value is -2.84. The maximum absolute atomic E-state index is 12.9. The smallest absolute Gasteiger partial charge is 0.261 e. The molecule has 0 aromatic heterocycles. The number of carbonyl (C=O) groups is 2. The molecule has 1 saturated heterocycles. The van der Waals surface area contributed by atoms with Gasteiger partial charge in [0.1, 0.15) is 6.04 Å². The first kappa shape index (κ1) is 21.9. The highest BCUT2D eigenvalue weighted by Crippen LogP contribution is 2.22. The number of likely N-dealkylation sites (tertiary alicyclic amines) is 1. The molecule has 2 N–H and O–H groups in total. The lowest BCUT2D eigenvalue weighted by Crippen LogP contribution is -2.46. The summed E-state index contributed by atoms with van der Waals surface area (Å²) in [5.41, 5.74) is 0.705. The van der Waals surface area contributed by atoms with Crippen LogP contribution in [0.2, 0.25) is 5.02 Å². The first-order chi connectivity index (χ1) is 14.3. The number of benzene rings is 2. The number of hydrogen-bond acceptors (Lipinski definition) is 4. The summed E-state index contributed by atoms with van der Waals surface area (Å²) < 4.78 is 27.4. The van der Waals surface area contributed by atoms with Gasteiger partial charge in [0, 0.05) is 29.4 Å². The van der Waals surface area contributed by atoms with Crippen molar-refractivity contribution in [3.05, 3.63) is 71.8 Å². The van der Waals surface area contributed by atoms with Crippen LogP contribution in [0.4, 0.5) is 5.69 Å². The van der Waals surface area contributed by atoms with Gasteiger partial charge in [0.25, 0.3) is 15.9 Å². The average Bonchev–Trinajstić information content (AvgIpc) is 3.22. The van der Waals surface area contributed by atoms with Crippen LogP contribution in [-0.2, 0) is 14.8 Å². The number of nitrogens with zero attached hydrogens (tertiary/aromatic N) is 1. The van der Waals surface area contributed by atoms with Gasteiger partial charge in [-0.3, -0.25) is 14.3 Å². The Morgan fingerprint density at radius 2 is 1.80 bits per heavy atom. The monoisotopic (exact) mass is 447 g/mol. The van der Waals surface area contributed by atoms with E-state index in [0.717, 1.165) is 6.42 Å². The number of halogens is 1. The first-order valence-electron chi connectivity index (χ1n) is 9.40. The number of sulfonamides is 1. The van der Waals surface area contributed by atoms with Gasteiger partial charge in [-0.25, -0.2) is 8.42 Å². The molecule has 0 saturated carbocycles. The average molecular weight is 448 g/mol. The number of carbonyl (C=O) groups excluding carboxylic acids is 2. The lowest BCUT2D eigenvalue weighted by Gasteiger charge is -2.24. The quantitative estimate of drug-likeness (QED) is 0.637. The SMILES string of the molecule is C=CCNC(=O)[C@H]1CCCN1C(=O)c1ccc(NS(=O)(=O)c2ccc(Cl)cc2)cc1. The number of rotatable bonds is 7. The van der Waals surface area contributed by atoms with Gasteiger partial charge in [0.15, 0.2) is 0 Å². The van der Waals surface area contributed by atoms with E-state index in [4.69, 9.17) is 11.6 Å². The van der Waals surface area contributed by atoms with Crippen molar-refractivity contribution in [3.8, 4) is 0 Å². The molecule has 1 atom stereocenters. The van der Waals surface area contributed by atoms with E-state index in [1.54, 1.807) is 23.1 Å². The molecule has 2 aromatic carbocycles. The molecule has 9 heteroatoms. The molecule has 2 amide bonds. The Morgan fingerprint density at radius 3 is 2.43 bits per heavy atom. The molecule has 0 radical (unpaired) electrons. The Morgan fingerprint density at radius 1 is 1.13 bits per heavy atom. The van der Waals surface area contributed by atoms with E-state index < -0.39 is 16.1 Å². The maximum Gasteiger partial charge on any atom is 0.261 e. The standard InChI is InChI=1S/C21H22ClN3O4S/c1-2-13-23-20(26)19-4-3-14-25(19)21(27)15-5-9-17(10-6-15)24-30(28,29)18-11-7-16(22)8-12-18/h2,5-12,19,24H,1,3-4,13-14H2,(H,23,26)/t19-/m1/s1. The molecule has 0 unspecified atom stereocenters. The van der Waals surface area contributed by atoms with E-state index in [2.05, 4.69) is 16.6 Å². The zero-order valence-electron chi connectivity index (χ0n) is 16.2. The van der Waals surface area contributed by atoms with Crippen molar-refractivity contribution in [2.45, 2.75) is 23.8 Å². The highest BCUT2D eigenvalue weighted by Gasteiger charge is 2.34. The third-order valence-electron chi connectivity index (χ3n) is 4.74. The fourth-order valence-electron chi connectivity index (χ4n) is 3.25. The lowest BCUT2D eigenvalue weighted by molar-refractivity contribution is -0.124. The molecule has 0 bridgehead atoms. The van der Waals surface area contributed by atoms with E-state index in [1.165, 1.54) is 36.4 Å². The summed E-state index contributed by atoms with van der Waals surface area (Å²) in [6, 6.07) is 11.4. The van der Waals surface area contributed by atoms with Gasteiger partial charge in [-0.2, -0.15) is 0 Å². The Bertz CT molecular complexity index is 1040. The molecule has 1 heterocycles. The molecule has 1 aliphatic heterocycles. The van der Waals surface area contributed by atoms with Crippen molar-refractivity contribution >= 4 is 39.1 Å². The first-order valence-corrected chi connectivity index (χ1v) is 11.3. The van der Waals surface area contributed by atoms with Crippen LogP contribution in [0.1, 0.15) is 23.2 Å². The minimum Gasteiger partial charge on any atom is -0.351 e. The zero-order valence-corrected chi connectivity index (χ0v) is 17.7. The second kappa shape index (κ2) is 9.32. The van der Waals surface area contributed by atoms with Crippen LogP contribution in [0.5, 0.6) is 0 Å². The fourth-order valence-corrected chi connectivity index (χ4v) is 4.43. The van der Waals surface area contributed by atoms with Crippen LogP contribution in [-0.4, -0.2) is 44.3 Å². The van der Waals surface area contributed by atoms with Crippen molar-refractivity contribution in [3.63, 3.8) is 0 Å². The summed E-state index contributed by atoms with van der Waals surface area (Å²) >= 11 is 5.80. The second-order valence-electron chi connectivity index (χ2n) is 6.83. The van der Waals surface area contributed by atoms with E-state index >= 15 is 0 Å². The van der Waals surface area contributed by atoms with Crippen molar-refractivity contribution < 1.29 is 18.0 Å². The van der Waals surface area contributed by atoms with Crippen LogP contribution >= 0.6 is 11.6 Å². The predicted molar refractivity (Wildman–Crippen MR) is 116 cm³/mol. The molecule has 3 rings (SSSR count). The van der Waals surface area contributed by atoms with Gasteiger partial charge < -0.3 is 10.2 Å². The molecule has 0 aliphatic carbocycles. The van der Waals surface area contributed by atoms with Crippen LogP contribution in [0, 0.1) is 0 Å². The Balaban J connectivity index is 1.70. The largest absolute Gasteiger partial charge is 0.351 e. The van der Waals surface area contributed by atoms with Gasteiger partial charge in [-0.15, -0.1) is 6.58 Å². The molecular formula is C21H22ClN3O4S. The predicted octanol–water partition coefficient (Wildman–Crippen LogP) is 3.05.